The molecule has 0 amide bonds. The average Bonchev–Trinajstić information content (AvgIpc) is 3.86. The molecular formula is C39H33N9O20S6. The van der Waals surface area contributed by atoms with E-state index >= 15 is 0 Å². The van der Waals surface area contributed by atoms with E-state index in [0.717, 1.165) is 53.8 Å². The number of thiazole rings is 1. The monoisotopic (exact) mass is 1140 g/mol. The van der Waals surface area contributed by atoms with E-state index < -0.39 is 116 Å². The first kappa shape index (κ1) is 54.5. The minimum absolute atomic E-state index is 0.00982. The lowest BCUT2D eigenvalue weighted by Crippen LogP contribution is -2.08. The average molecular weight is 1140 g/mol. The van der Waals surface area contributed by atoms with Gasteiger partial charge in [-0.2, -0.15) is 51.9 Å². The van der Waals surface area contributed by atoms with Crippen LogP contribution < -0.4 is 9.47 Å². The largest absolute Gasteiger partial charge is 0.495 e. The molecule has 0 spiro atoms. The summed E-state index contributed by atoms with van der Waals surface area (Å²) in [6, 6.07) is 11.6. The Morgan fingerprint density at radius 3 is 1.91 bits per heavy atom. The van der Waals surface area contributed by atoms with Crippen molar-refractivity contribution in [2.75, 3.05) is 19.5 Å². The van der Waals surface area contributed by atoms with Crippen molar-refractivity contribution < 1.29 is 89.3 Å². The molecule has 5 aromatic carbocycles. The van der Waals surface area contributed by atoms with Gasteiger partial charge in [-0.25, -0.2) is 9.78 Å². The molecule has 2 aromatic heterocycles. The molecule has 0 aliphatic carbocycles. The molecule has 0 aliphatic heterocycles. The molecule has 0 saturated heterocycles. The molecule has 0 fully saturated rings. The minimum atomic E-state index is -5.46. The van der Waals surface area contributed by atoms with Crippen LogP contribution in [0.15, 0.2) is 117 Å². The zero-order chi connectivity index (χ0) is 54.5. The molecule has 0 saturated carbocycles. The van der Waals surface area contributed by atoms with Crippen LogP contribution in [0, 0.1) is 13.8 Å². The van der Waals surface area contributed by atoms with Gasteiger partial charge in [0.1, 0.15) is 43.2 Å². The number of aromatic hydroxyl groups is 1. The highest BCUT2D eigenvalue weighted by Gasteiger charge is 2.29. The maximum absolute atomic E-state index is 13.0. The van der Waals surface area contributed by atoms with Crippen molar-refractivity contribution in [3.8, 4) is 23.1 Å². The Labute approximate surface area is 421 Å². The molecule has 0 aliphatic rings. The third-order valence-electron chi connectivity index (χ3n) is 10.2. The molecule has 0 atom stereocenters. The number of carbonyl (C=O) groups is 1. The molecule has 29 nitrogen and oxygen atoms in total. The fraction of sp³-hybridized carbons (Fsp3) is 0.154. The number of methoxy groups -OCH3 is 1. The van der Waals surface area contributed by atoms with Crippen molar-refractivity contribution in [1.29, 1.82) is 0 Å². The van der Waals surface area contributed by atoms with Crippen LogP contribution in [0.2, 0.25) is 0 Å². The Bertz CT molecular complexity index is 4160. The number of hydrogen-bond acceptors (Lipinski definition) is 23. The molecule has 7 aromatic rings. The number of carboxylic acids is 1. The maximum Gasteiger partial charge on any atom is 0.358 e. The zero-order valence-electron chi connectivity index (χ0n) is 37.4. The molecular weight excluding hydrogens is 1110 g/mol. The molecule has 74 heavy (non-hydrogen) atoms. The molecule has 0 bridgehead atoms. The lowest BCUT2D eigenvalue weighted by molar-refractivity contribution is 0.0690. The van der Waals surface area contributed by atoms with Gasteiger partial charge >= 0.3 is 5.97 Å². The van der Waals surface area contributed by atoms with E-state index in [0.29, 0.717) is 21.0 Å². The summed E-state index contributed by atoms with van der Waals surface area (Å²) in [7, 11) is -23.4. The van der Waals surface area contributed by atoms with Crippen molar-refractivity contribution in [3.05, 3.63) is 83.6 Å². The van der Waals surface area contributed by atoms with Crippen LogP contribution in [0.5, 0.6) is 17.4 Å². The summed E-state index contributed by atoms with van der Waals surface area (Å²) in [4.78, 5) is 13.1. The van der Waals surface area contributed by atoms with Crippen LogP contribution in [-0.4, -0.2) is 115 Å². The van der Waals surface area contributed by atoms with Gasteiger partial charge in [0.15, 0.2) is 5.69 Å². The van der Waals surface area contributed by atoms with E-state index in [2.05, 4.69) is 40.8 Å². The first-order valence-corrected chi connectivity index (χ1v) is 28.2. The van der Waals surface area contributed by atoms with Crippen molar-refractivity contribution in [3.63, 3.8) is 0 Å². The van der Waals surface area contributed by atoms with Crippen molar-refractivity contribution in [2.45, 2.75) is 39.9 Å². The van der Waals surface area contributed by atoms with Crippen LogP contribution in [0.4, 0.5) is 33.6 Å². The molecule has 7 rings (SSSR count). The summed E-state index contributed by atoms with van der Waals surface area (Å²) in [5.74, 6) is -3.87. The van der Waals surface area contributed by atoms with Crippen LogP contribution in [0.25, 0.3) is 26.7 Å². The smallest absolute Gasteiger partial charge is 0.358 e. The van der Waals surface area contributed by atoms with Gasteiger partial charge in [-0.05, 0) is 85.3 Å². The summed E-state index contributed by atoms with van der Waals surface area (Å²) in [6.07, 6.45) is -0.253. The standard InChI is InChI=1S/C39H33N9O20S6/c1-18-13-26(28(68-11-4-12-70(52,53)54)15-25(18)42-46-39-40-27-16-31(72(58,59)60)29(67-3)17-30(27)69-39)43-44-33-19(2)22-9-10-24(36(74(64,65)66)23(22)14-32(33)73(61,62)63)41-45-34-35(38(50)51)47-48(37(34)49)20-5-7-21(8-6-20)71(55,56)57/h5-10,13-17,49H,4,11-12H2,1-3H3,(H,50,51)(H,52,53,54)(H,55,56,57)(H,58,59,60)(H,61,62,63)(H,64,65,66)/b44-43?,45-41?,46-42-. The van der Waals surface area contributed by atoms with Gasteiger partial charge in [-0.3, -0.25) is 22.8 Å². The number of benzene rings is 5. The van der Waals surface area contributed by atoms with Crippen LogP contribution >= 0.6 is 11.3 Å². The number of rotatable bonds is 18. The number of aromatic carboxylic acids is 1. The minimum Gasteiger partial charge on any atom is -0.495 e. The number of ether oxygens (including phenoxy) is 2. The van der Waals surface area contributed by atoms with Gasteiger partial charge in [-0.15, -0.1) is 30.7 Å². The van der Waals surface area contributed by atoms with Gasteiger partial charge in [0, 0.05) is 17.5 Å². The second-order valence-corrected chi connectivity index (χ2v) is 23.3. The van der Waals surface area contributed by atoms with E-state index in [1.54, 1.807) is 0 Å². The van der Waals surface area contributed by atoms with Gasteiger partial charge < -0.3 is 19.7 Å². The maximum atomic E-state index is 13.0. The quantitative estimate of drug-likeness (QED) is 0.0247. The summed E-state index contributed by atoms with van der Waals surface area (Å²) in [5, 5.41) is 47.7. The first-order valence-electron chi connectivity index (χ1n) is 20.0. The Balaban J connectivity index is 1.30. The predicted molar refractivity (Wildman–Crippen MR) is 257 cm³/mol. The van der Waals surface area contributed by atoms with Crippen molar-refractivity contribution in [1.82, 2.24) is 14.8 Å². The van der Waals surface area contributed by atoms with Gasteiger partial charge in [-0.1, -0.05) is 17.4 Å². The van der Waals surface area contributed by atoms with Gasteiger partial charge in [0.2, 0.25) is 16.7 Å². The molecule has 0 radical (unpaired) electrons. The lowest BCUT2D eigenvalue weighted by atomic mass is 10.0. The number of azo groups is 3. The summed E-state index contributed by atoms with van der Waals surface area (Å²) >= 11 is 0.965. The Hall–Kier alpha value is -7.32. The third-order valence-corrected chi connectivity index (χ3v) is 15.4. The summed E-state index contributed by atoms with van der Waals surface area (Å²) in [5.41, 5.74) is -3.20. The van der Waals surface area contributed by atoms with Crippen LogP contribution in [0.1, 0.15) is 28.0 Å². The SMILES string of the molecule is COc1cc2sc(/N=N\c3cc(OCCCS(=O)(=O)O)c(N=Nc4c(S(=O)(=O)O)cc5c(S(=O)(=O)O)c(N=Nc6c(C(=O)O)nn(-c7ccc(S(=O)(=O)O)cc7)c6O)ccc5c4C)cc3C)nc2cc1S(=O)(=O)O. The zero-order valence-corrected chi connectivity index (χ0v) is 42.3. The number of fused-ring (bicyclic) bond motifs is 2. The second-order valence-electron chi connectivity index (χ2n) is 15.2. The molecule has 2 heterocycles. The van der Waals surface area contributed by atoms with E-state index in [1.807, 2.05) is 0 Å². The molecule has 35 heteroatoms. The fourth-order valence-electron chi connectivity index (χ4n) is 6.84. The van der Waals surface area contributed by atoms with Crippen LogP contribution in [-0.2, 0) is 50.6 Å². The van der Waals surface area contributed by atoms with Gasteiger partial charge in [0.05, 0.1) is 46.0 Å². The second kappa shape index (κ2) is 20.2. The Kier molecular flexibility index (Phi) is 14.9. The first-order chi connectivity index (χ1) is 34.3. The summed E-state index contributed by atoms with van der Waals surface area (Å²) in [6.45, 7) is 2.39. The number of aryl methyl sites for hydroxylation is 2. The predicted octanol–water partition coefficient (Wildman–Crippen LogP) is 7.55. The van der Waals surface area contributed by atoms with E-state index in [-0.39, 0.29) is 63.2 Å². The van der Waals surface area contributed by atoms with E-state index in [9.17, 15) is 79.9 Å². The number of nitrogens with zero attached hydrogens (tertiary/aromatic N) is 9. The highest BCUT2D eigenvalue weighted by molar-refractivity contribution is 7.87. The van der Waals surface area contributed by atoms with Crippen molar-refractivity contribution >= 4 is 122 Å². The van der Waals surface area contributed by atoms with Gasteiger partial charge in [0.25, 0.3) is 50.6 Å². The molecule has 7 N–H and O–H groups in total. The number of carboxylic acid groups (broad SMARTS) is 1. The summed E-state index contributed by atoms with van der Waals surface area (Å²) < 4.78 is 183. The number of hydrogen-bond donors (Lipinski definition) is 7. The Morgan fingerprint density at radius 2 is 1.31 bits per heavy atom. The van der Waals surface area contributed by atoms with E-state index in [1.165, 1.54) is 39.2 Å². The highest BCUT2D eigenvalue weighted by Crippen LogP contribution is 2.44. The third kappa shape index (κ3) is 11.9. The normalized spacial score (nSPS) is 13.0. The van der Waals surface area contributed by atoms with Crippen molar-refractivity contribution in [2.24, 2.45) is 30.7 Å². The fourth-order valence-corrected chi connectivity index (χ4v) is 10.8. The Morgan fingerprint density at radius 1 is 0.676 bits per heavy atom. The lowest BCUT2D eigenvalue weighted by Gasteiger charge is -2.14. The highest BCUT2D eigenvalue weighted by atomic mass is 32.2. The van der Waals surface area contributed by atoms with E-state index in [4.69, 9.17) is 9.47 Å². The van der Waals surface area contributed by atoms with Crippen LogP contribution in [0.3, 0.4) is 0 Å². The molecule has 0 unspecified atom stereocenters. The topological polar surface area (TPSA) is 453 Å². The number of aromatic nitrogens is 3. The molecule has 390 valence electrons.